The first-order chi connectivity index (χ1) is 12.8. The van der Waals surface area contributed by atoms with Crippen molar-refractivity contribution in [3.8, 4) is 6.07 Å². The molecule has 1 N–H and O–H groups in total. The molecule has 144 valence electrons. The summed E-state index contributed by atoms with van der Waals surface area (Å²) in [6.45, 7) is 7.16. The lowest BCUT2D eigenvalue weighted by atomic mass is 9.94. The van der Waals surface area contributed by atoms with Gasteiger partial charge in [-0.25, -0.2) is 0 Å². The molecule has 0 bridgehead atoms. The number of nitrogens with zero attached hydrogens (tertiary/aromatic N) is 2. The van der Waals surface area contributed by atoms with Gasteiger partial charge in [-0.05, 0) is 62.4 Å². The van der Waals surface area contributed by atoms with Crippen LogP contribution in [0.2, 0.25) is 0 Å². The van der Waals surface area contributed by atoms with E-state index in [1.165, 1.54) is 0 Å². The van der Waals surface area contributed by atoms with Crippen molar-refractivity contribution in [3.05, 3.63) is 65.0 Å². The monoisotopic (exact) mass is 385 g/mol. The Hall–Kier alpha value is -1.87. The average Bonchev–Trinajstić information content (AvgIpc) is 2.64. The number of hydrogen-bond donors (Lipinski definition) is 1. The molecule has 0 aliphatic carbocycles. The van der Waals surface area contributed by atoms with Gasteiger partial charge >= 0.3 is 0 Å². The molecule has 0 spiro atoms. The minimum atomic E-state index is -0.292. The summed E-state index contributed by atoms with van der Waals surface area (Å²) in [6.07, 6.45) is 5.02. The van der Waals surface area contributed by atoms with E-state index < -0.39 is 0 Å². The Morgan fingerprint density at radius 2 is 1.89 bits per heavy atom. The fraction of sp³-hybridized carbons (Fsp3) is 0.455. The highest BCUT2D eigenvalue weighted by Crippen LogP contribution is 2.23. The predicted molar refractivity (Wildman–Crippen MR) is 111 cm³/mol. The van der Waals surface area contributed by atoms with Crippen LogP contribution in [0.3, 0.4) is 0 Å². The molecular formula is C22H29N2O2S+. The number of aromatic nitrogens is 1. The van der Waals surface area contributed by atoms with Crippen LogP contribution >= 0.6 is 0 Å². The van der Waals surface area contributed by atoms with Crippen molar-refractivity contribution in [2.24, 2.45) is 0 Å². The molecule has 4 nitrogen and oxygen atoms in total. The topological polar surface area (TPSA) is 66.1 Å². The SMILES string of the molecule is C[S+](OCc1cc(CCO)cc(CC(C#N)c2ccccn2)c1)C(C)(C)C. The number of pyridine rings is 1. The van der Waals surface area contributed by atoms with Gasteiger partial charge in [-0.3, -0.25) is 4.98 Å². The van der Waals surface area contributed by atoms with Gasteiger partial charge in [0.1, 0.15) is 24.0 Å². The summed E-state index contributed by atoms with van der Waals surface area (Å²) in [5.74, 6) is -0.292. The minimum Gasteiger partial charge on any atom is -0.396 e. The van der Waals surface area contributed by atoms with E-state index in [0.29, 0.717) is 19.4 Å². The zero-order valence-corrected chi connectivity index (χ0v) is 17.4. The molecule has 1 aromatic heterocycles. The van der Waals surface area contributed by atoms with Crippen LogP contribution < -0.4 is 0 Å². The van der Waals surface area contributed by atoms with E-state index in [1.807, 2.05) is 18.2 Å². The van der Waals surface area contributed by atoms with E-state index >= 15 is 0 Å². The number of rotatable bonds is 8. The fourth-order valence-corrected chi connectivity index (χ4v) is 3.35. The summed E-state index contributed by atoms with van der Waals surface area (Å²) in [6, 6.07) is 14.3. The van der Waals surface area contributed by atoms with Crippen LogP contribution in [0.15, 0.2) is 42.6 Å². The van der Waals surface area contributed by atoms with Crippen LogP contribution in [-0.4, -0.2) is 27.7 Å². The van der Waals surface area contributed by atoms with E-state index in [1.54, 1.807) is 6.20 Å². The molecule has 2 atom stereocenters. The maximum Gasteiger partial charge on any atom is 0.152 e. The van der Waals surface area contributed by atoms with Crippen molar-refractivity contribution >= 4 is 11.2 Å². The first kappa shape index (κ1) is 21.4. The maximum absolute atomic E-state index is 9.59. The smallest absolute Gasteiger partial charge is 0.152 e. The molecule has 0 fully saturated rings. The van der Waals surface area contributed by atoms with Gasteiger partial charge in [0, 0.05) is 12.8 Å². The summed E-state index contributed by atoms with van der Waals surface area (Å²) in [7, 11) is 0. The Morgan fingerprint density at radius 1 is 1.19 bits per heavy atom. The Balaban J connectivity index is 2.20. The lowest BCUT2D eigenvalue weighted by Crippen LogP contribution is -2.28. The second kappa shape index (κ2) is 9.89. The molecular weight excluding hydrogens is 356 g/mol. The second-order valence-electron chi connectivity index (χ2n) is 7.60. The highest BCUT2D eigenvalue weighted by Gasteiger charge is 2.32. The van der Waals surface area contributed by atoms with Gasteiger partial charge in [0.25, 0.3) is 0 Å². The van der Waals surface area contributed by atoms with Crippen molar-refractivity contribution in [3.63, 3.8) is 0 Å². The molecule has 0 aliphatic rings. The van der Waals surface area contributed by atoms with Crippen LogP contribution in [0.1, 0.15) is 49.1 Å². The van der Waals surface area contributed by atoms with Crippen molar-refractivity contribution in [1.29, 1.82) is 5.26 Å². The molecule has 0 radical (unpaired) electrons. The Kier molecular flexibility index (Phi) is 7.85. The summed E-state index contributed by atoms with van der Waals surface area (Å²) < 4.78 is 6.19. The number of aliphatic hydroxyl groups excluding tert-OH is 1. The van der Waals surface area contributed by atoms with E-state index in [9.17, 15) is 10.4 Å². The number of hydrogen-bond acceptors (Lipinski definition) is 4. The van der Waals surface area contributed by atoms with Crippen molar-refractivity contribution in [1.82, 2.24) is 4.98 Å². The Morgan fingerprint density at radius 3 is 2.48 bits per heavy atom. The van der Waals surface area contributed by atoms with E-state index in [0.717, 1.165) is 22.4 Å². The van der Waals surface area contributed by atoms with Gasteiger partial charge in [0.05, 0.1) is 17.7 Å². The van der Waals surface area contributed by atoms with E-state index in [2.05, 4.69) is 56.3 Å². The quantitative estimate of drug-likeness (QED) is 0.699. The van der Waals surface area contributed by atoms with E-state index in [-0.39, 0.29) is 28.4 Å². The highest BCUT2D eigenvalue weighted by molar-refractivity contribution is 7.92. The molecule has 27 heavy (non-hydrogen) atoms. The number of nitriles is 1. The van der Waals surface area contributed by atoms with Crippen LogP contribution in [-0.2, 0) is 34.8 Å². The van der Waals surface area contributed by atoms with Gasteiger partial charge in [-0.15, -0.1) is 0 Å². The van der Waals surface area contributed by atoms with Gasteiger partial charge < -0.3 is 5.11 Å². The Bertz CT molecular complexity index is 766. The Labute approximate surface area is 165 Å². The first-order valence-corrected chi connectivity index (χ1v) is 10.7. The average molecular weight is 386 g/mol. The third kappa shape index (κ3) is 6.66. The van der Waals surface area contributed by atoms with Crippen LogP contribution in [0.25, 0.3) is 0 Å². The maximum atomic E-state index is 9.59. The lowest BCUT2D eigenvalue weighted by molar-refractivity contribution is 0.299. The zero-order valence-electron chi connectivity index (χ0n) is 16.6. The highest BCUT2D eigenvalue weighted by atomic mass is 32.2. The largest absolute Gasteiger partial charge is 0.396 e. The third-order valence-corrected chi connectivity index (χ3v) is 6.61. The molecule has 0 saturated heterocycles. The molecule has 2 rings (SSSR count). The summed E-state index contributed by atoms with van der Waals surface area (Å²) in [4.78, 5) is 4.33. The second-order valence-corrected chi connectivity index (χ2v) is 9.97. The lowest BCUT2D eigenvalue weighted by Gasteiger charge is -2.16. The number of aliphatic hydroxyl groups is 1. The van der Waals surface area contributed by atoms with Crippen molar-refractivity contribution < 1.29 is 9.29 Å². The molecule has 1 aromatic carbocycles. The summed E-state index contributed by atoms with van der Waals surface area (Å²) >= 11 is -0.159. The van der Waals surface area contributed by atoms with Crippen LogP contribution in [0, 0.1) is 11.3 Å². The molecule has 0 amide bonds. The van der Waals surface area contributed by atoms with Gasteiger partial charge in [0.2, 0.25) is 0 Å². The summed E-state index contributed by atoms with van der Waals surface area (Å²) in [5, 5.41) is 18.9. The predicted octanol–water partition coefficient (Wildman–Crippen LogP) is 3.94. The summed E-state index contributed by atoms with van der Waals surface area (Å²) in [5.41, 5.74) is 4.01. The standard InChI is InChI=1S/C22H29N2O2S/c1-22(2,3)27(4)26-16-19-12-17(8-10-25)11-18(13-19)14-20(15-23)21-7-5-6-9-24-21/h5-7,9,11-13,20,25H,8,10,14,16H2,1-4H3/q+1. The van der Waals surface area contributed by atoms with E-state index in [4.69, 9.17) is 4.18 Å². The molecule has 2 unspecified atom stereocenters. The van der Waals surface area contributed by atoms with Crippen LogP contribution in [0.5, 0.6) is 0 Å². The number of benzene rings is 1. The molecule has 0 saturated carbocycles. The van der Waals surface area contributed by atoms with Crippen molar-refractivity contribution in [2.75, 3.05) is 12.9 Å². The fourth-order valence-electron chi connectivity index (χ4n) is 2.68. The third-order valence-electron chi connectivity index (χ3n) is 4.42. The van der Waals surface area contributed by atoms with Crippen LogP contribution in [0.4, 0.5) is 0 Å². The molecule has 2 aromatic rings. The zero-order chi connectivity index (χ0) is 19.9. The van der Waals surface area contributed by atoms with Gasteiger partial charge in [0.15, 0.2) is 4.75 Å². The normalized spacial score (nSPS) is 13.8. The minimum absolute atomic E-state index is 0.103. The van der Waals surface area contributed by atoms with Gasteiger partial charge in [-0.1, -0.05) is 24.3 Å². The van der Waals surface area contributed by atoms with Crippen molar-refractivity contribution in [2.45, 2.75) is 50.9 Å². The molecule has 5 heteroatoms. The molecule has 0 aliphatic heterocycles. The first-order valence-electron chi connectivity index (χ1n) is 9.16. The molecule has 1 heterocycles. The van der Waals surface area contributed by atoms with Gasteiger partial charge in [-0.2, -0.15) is 9.44 Å².